The van der Waals surface area contributed by atoms with Gasteiger partial charge in [-0.2, -0.15) is 0 Å². The molecule has 0 amide bonds. The van der Waals surface area contributed by atoms with E-state index in [4.69, 9.17) is 4.74 Å². The van der Waals surface area contributed by atoms with E-state index in [0.717, 1.165) is 6.61 Å². The van der Waals surface area contributed by atoms with Gasteiger partial charge < -0.3 is 4.74 Å². The summed E-state index contributed by atoms with van der Waals surface area (Å²) in [6, 6.07) is 1.31. The van der Waals surface area contributed by atoms with Gasteiger partial charge in [0.25, 0.3) is 0 Å². The normalized spacial score (nSPS) is 42.5. The van der Waals surface area contributed by atoms with Crippen LogP contribution in [0.25, 0.3) is 0 Å². The zero-order chi connectivity index (χ0) is 8.93. The van der Waals surface area contributed by atoms with Gasteiger partial charge in [0, 0.05) is 17.6 Å². The number of fused-ring (bicyclic) bond motifs is 1. The molecule has 1 saturated carbocycles. The molecule has 2 nitrogen and oxygen atoms in total. The van der Waals surface area contributed by atoms with Crippen molar-refractivity contribution in [2.45, 2.75) is 57.8 Å². The van der Waals surface area contributed by atoms with Gasteiger partial charge in [0.2, 0.25) is 0 Å². The lowest BCUT2D eigenvalue weighted by atomic mass is 10.0. The Balaban J connectivity index is 2.11. The number of ether oxygens (including phenoxy) is 1. The molecular weight excluding hydrogens is 150 g/mol. The number of hydrogen-bond donors (Lipinski definition) is 0. The second kappa shape index (κ2) is 2.46. The molecule has 0 aromatic rings. The van der Waals surface area contributed by atoms with Gasteiger partial charge in [-0.05, 0) is 34.1 Å². The molecule has 1 saturated heterocycles. The molecule has 2 fully saturated rings. The van der Waals surface area contributed by atoms with Crippen molar-refractivity contribution in [2.24, 2.45) is 0 Å². The maximum absolute atomic E-state index is 5.65. The molecule has 12 heavy (non-hydrogen) atoms. The standard InChI is InChI=1S/C10H19NO/c1-7-6-12-9-5-8(9)11(7)10(2,3)4/h7-9H,5-6H2,1-4H3/t7-,8-,9+/m1/s1. The fourth-order valence-corrected chi connectivity index (χ4v) is 2.46. The second-order valence-corrected chi connectivity index (χ2v) is 5.10. The topological polar surface area (TPSA) is 12.5 Å². The number of hydrogen-bond acceptors (Lipinski definition) is 2. The molecule has 3 atom stereocenters. The van der Waals surface area contributed by atoms with E-state index in [1.165, 1.54) is 6.42 Å². The van der Waals surface area contributed by atoms with E-state index >= 15 is 0 Å². The van der Waals surface area contributed by atoms with Gasteiger partial charge in [-0.25, -0.2) is 0 Å². The highest BCUT2D eigenvalue weighted by Crippen LogP contribution is 2.40. The predicted molar refractivity (Wildman–Crippen MR) is 49.2 cm³/mol. The van der Waals surface area contributed by atoms with Gasteiger partial charge in [-0.3, -0.25) is 4.90 Å². The number of morpholine rings is 1. The third-order valence-corrected chi connectivity index (χ3v) is 2.86. The summed E-state index contributed by atoms with van der Waals surface area (Å²) < 4.78 is 5.65. The maximum Gasteiger partial charge on any atom is 0.0748 e. The van der Waals surface area contributed by atoms with Crippen LogP contribution in [-0.4, -0.2) is 35.2 Å². The molecule has 2 rings (SSSR count). The summed E-state index contributed by atoms with van der Waals surface area (Å²) in [7, 11) is 0. The monoisotopic (exact) mass is 169 g/mol. The Labute approximate surface area is 74.9 Å². The summed E-state index contributed by atoms with van der Waals surface area (Å²) in [5.74, 6) is 0. The van der Waals surface area contributed by atoms with Crippen molar-refractivity contribution in [1.29, 1.82) is 0 Å². The molecule has 1 aliphatic carbocycles. The zero-order valence-electron chi connectivity index (χ0n) is 8.50. The van der Waals surface area contributed by atoms with Crippen LogP contribution in [0.4, 0.5) is 0 Å². The molecule has 0 unspecified atom stereocenters. The number of nitrogens with zero attached hydrogens (tertiary/aromatic N) is 1. The highest BCUT2D eigenvalue weighted by atomic mass is 16.5. The van der Waals surface area contributed by atoms with E-state index in [0.29, 0.717) is 23.7 Å². The summed E-state index contributed by atoms with van der Waals surface area (Å²) in [4.78, 5) is 2.61. The molecular formula is C10H19NO. The Bertz CT molecular complexity index is 183. The average molecular weight is 169 g/mol. The summed E-state index contributed by atoms with van der Waals surface area (Å²) >= 11 is 0. The van der Waals surface area contributed by atoms with E-state index < -0.39 is 0 Å². The Morgan fingerprint density at radius 2 is 2.00 bits per heavy atom. The summed E-state index contributed by atoms with van der Waals surface area (Å²) in [5.41, 5.74) is 0.308. The maximum atomic E-state index is 5.65. The zero-order valence-corrected chi connectivity index (χ0v) is 8.50. The van der Waals surface area contributed by atoms with Crippen molar-refractivity contribution in [3.05, 3.63) is 0 Å². The van der Waals surface area contributed by atoms with Crippen LogP contribution in [0.2, 0.25) is 0 Å². The van der Waals surface area contributed by atoms with E-state index in [1.807, 2.05) is 0 Å². The van der Waals surface area contributed by atoms with Crippen LogP contribution in [0.15, 0.2) is 0 Å². The van der Waals surface area contributed by atoms with Crippen LogP contribution in [0.5, 0.6) is 0 Å². The minimum absolute atomic E-state index is 0.308. The van der Waals surface area contributed by atoms with Crippen LogP contribution >= 0.6 is 0 Å². The van der Waals surface area contributed by atoms with Crippen LogP contribution in [0.3, 0.4) is 0 Å². The van der Waals surface area contributed by atoms with Gasteiger partial charge in [-0.1, -0.05) is 0 Å². The van der Waals surface area contributed by atoms with E-state index in [9.17, 15) is 0 Å². The van der Waals surface area contributed by atoms with E-state index in [2.05, 4.69) is 32.6 Å². The molecule has 0 aromatic heterocycles. The highest BCUT2D eigenvalue weighted by molar-refractivity contribution is 5.05. The molecule has 0 radical (unpaired) electrons. The van der Waals surface area contributed by atoms with Crippen molar-refractivity contribution in [3.8, 4) is 0 Å². The lowest BCUT2D eigenvalue weighted by molar-refractivity contribution is -0.0456. The van der Waals surface area contributed by atoms with Gasteiger partial charge in [0.15, 0.2) is 0 Å². The number of rotatable bonds is 0. The van der Waals surface area contributed by atoms with Gasteiger partial charge in [-0.15, -0.1) is 0 Å². The molecule has 0 aromatic carbocycles. The van der Waals surface area contributed by atoms with E-state index in [-0.39, 0.29) is 0 Å². The lowest BCUT2D eigenvalue weighted by Crippen LogP contribution is -2.53. The van der Waals surface area contributed by atoms with Crippen molar-refractivity contribution in [2.75, 3.05) is 6.61 Å². The van der Waals surface area contributed by atoms with Crippen LogP contribution in [-0.2, 0) is 4.74 Å². The highest BCUT2D eigenvalue weighted by Gasteiger charge is 2.51. The summed E-state index contributed by atoms with van der Waals surface area (Å²) in [6.45, 7) is 10.1. The molecule has 0 spiro atoms. The first-order valence-electron chi connectivity index (χ1n) is 4.90. The van der Waals surface area contributed by atoms with E-state index in [1.54, 1.807) is 0 Å². The Morgan fingerprint density at radius 3 is 2.50 bits per heavy atom. The first-order valence-corrected chi connectivity index (χ1v) is 4.90. The molecule has 1 aliphatic heterocycles. The third-order valence-electron chi connectivity index (χ3n) is 2.86. The smallest absolute Gasteiger partial charge is 0.0748 e. The second-order valence-electron chi connectivity index (χ2n) is 5.10. The van der Waals surface area contributed by atoms with Gasteiger partial charge in [0.1, 0.15) is 0 Å². The molecule has 2 aliphatic rings. The van der Waals surface area contributed by atoms with Crippen molar-refractivity contribution in [3.63, 3.8) is 0 Å². The van der Waals surface area contributed by atoms with Crippen LogP contribution in [0.1, 0.15) is 34.1 Å². The molecule has 2 heteroatoms. The largest absolute Gasteiger partial charge is 0.375 e. The van der Waals surface area contributed by atoms with Crippen molar-refractivity contribution in [1.82, 2.24) is 4.90 Å². The molecule has 0 bridgehead atoms. The Kier molecular flexibility index (Phi) is 1.74. The molecule has 0 N–H and O–H groups in total. The fraction of sp³-hybridized carbons (Fsp3) is 1.00. The average Bonchev–Trinajstić information content (AvgIpc) is 2.61. The third kappa shape index (κ3) is 1.27. The van der Waals surface area contributed by atoms with Crippen molar-refractivity contribution >= 4 is 0 Å². The van der Waals surface area contributed by atoms with Crippen molar-refractivity contribution < 1.29 is 4.74 Å². The summed E-state index contributed by atoms with van der Waals surface area (Å²) in [5, 5.41) is 0. The molecule has 1 heterocycles. The first kappa shape index (κ1) is 8.52. The quantitative estimate of drug-likeness (QED) is 0.546. The minimum Gasteiger partial charge on any atom is -0.375 e. The fourth-order valence-electron chi connectivity index (χ4n) is 2.46. The predicted octanol–water partition coefficient (Wildman–Crippen LogP) is 1.65. The van der Waals surface area contributed by atoms with Gasteiger partial charge >= 0.3 is 0 Å². The SMILES string of the molecule is C[C@@H]1CO[C@H]2C[C@H]2N1C(C)(C)C. The van der Waals surface area contributed by atoms with Crippen LogP contribution in [0, 0.1) is 0 Å². The Hall–Kier alpha value is -0.0800. The summed E-state index contributed by atoms with van der Waals surface area (Å²) in [6.07, 6.45) is 1.81. The minimum atomic E-state index is 0.308. The first-order chi connectivity index (χ1) is 5.50. The molecule has 70 valence electrons. The Morgan fingerprint density at radius 1 is 1.33 bits per heavy atom. The van der Waals surface area contributed by atoms with Gasteiger partial charge in [0.05, 0.1) is 12.7 Å². The van der Waals surface area contributed by atoms with Crippen LogP contribution < -0.4 is 0 Å². The lowest BCUT2D eigenvalue weighted by Gasteiger charge is -2.43.